The van der Waals surface area contributed by atoms with Gasteiger partial charge in [0.15, 0.2) is 0 Å². The lowest BCUT2D eigenvalue weighted by atomic mass is 9.92. The summed E-state index contributed by atoms with van der Waals surface area (Å²) >= 11 is 0. The molecule has 0 aromatic carbocycles. The molecule has 1 atom stereocenters. The number of pyridine rings is 1. The first kappa shape index (κ1) is 11.1. The Hall–Kier alpha value is -1.44. The Balaban J connectivity index is 2.29. The Kier molecular flexibility index (Phi) is 3.18. The highest BCUT2D eigenvalue weighted by Gasteiger charge is 2.34. The molecular formula is C12H16N4. The van der Waals surface area contributed by atoms with Crippen LogP contribution in [0.2, 0.25) is 0 Å². The largest absolute Gasteiger partial charge is 0.314 e. The van der Waals surface area contributed by atoms with Crippen LogP contribution in [0.4, 0.5) is 0 Å². The van der Waals surface area contributed by atoms with Crippen LogP contribution in [-0.4, -0.2) is 36.1 Å². The van der Waals surface area contributed by atoms with Crippen molar-refractivity contribution in [3.63, 3.8) is 0 Å². The molecular weight excluding hydrogens is 200 g/mol. The maximum absolute atomic E-state index is 9.45. The first-order valence-corrected chi connectivity index (χ1v) is 5.55. The second kappa shape index (κ2) is 4.60. The zero-order chi connectivity index (χ0) is 11.4. The van der Waals surface area contributed by atoms with E-state index in [1.807, 2.05) is 19.1 Å². The topological polar surface area (TPSA) is 52.0 Å². The average Bonchev–Trinajstić information content (AvgIpc) is 2.40. The van der Waals surface area contributed by atoms with Gasteiger partial charge in [0, 0.05) is 44.1 Å². The molecule has 4 heteroatoms. The van der Waals surface area contributed by atoms with Crippen molar-refractivity contribution in [1.29, 1.82) is 5.26 Å². The fourth-order valence-electron chi connectivity index (χ4n) is 2.08. The molecule has 4 nitrogen and oxygen atoms in total. The zero-order valence-corrected chi connectivity index (χ0v) is 9.48. The third-order valence-corrected chi connectivity index (χ3v) is 3.19. The van der Waals surface area contributed by atoms with E-state index in [0.717, 1.165) is 31.7 Å². The standard InChI is InChI=1S/C12H16N4/c1-12(10-13,11-3-2-4-15-9-11)16-7-5-14-6-8-16/h2-4,9,14H,5-8H2,1H3. The minimum Gasteiger partial charge on any atom is -0.314 e. The lowest BCUT2D eigenvalue weighted by Gasteiger charge is -2.38. The van der Waals surface area contributed by atoms with Crippen LogP contribution in [0.1, 0.15) is 12.5 Å². The Morgan fingerprint density at radius 3 is 2.81 bits per heavy atom. The van der Waals surface area contributed by atoms with E-state index in [1.54, 1.807) is 12.4 Å². The van der Waals surface area contributed by atoms with Crippen molar-refractivity contribution in [2.24, 2.45) is 0 Å². The monoisotopic (exact) mass is 216 g/mol. The first-order valence-electron chi connectivity index (χ1n) is 5.55. The average molecular weight is 216 g/mol. The van der Waals surface area contributed by atoms with Gasteiger partial charge in [0.25, 0.3) is 0 Å². The van der Waals surface area contributed by atoms with Crippen LogP contribution < -0.4 is 5.32 Å². The summed E-state index contributed by atoms with van der Waals surface area (Å²) < 4.78 is 0. The van der Waals surface area contributed by atoms with Gasteiger partial charge in [-0.15, -0.1) is 0 Å². The number of nitriles is 1. The van der Waals surface area contributed by atoms with Crippen LogP contribution in [0.25, 0.3) is 0 Å². The van der Waals surface area contributed by atoms with Crippen LogP contribution in [0.5, 0.6) is 0 Å². The SMILES string of the molecule is CC(C#N)(c1cccnc1)N1CCNCC1. The van der Waals surface area contributed by atoms with Gasteiger partial charge in [0.2, 0.25) is 0 Å². The smallest absolute Gasteiger partial charge is 0.133 e. The first-order chi connectivity index (χ1) is 7.77. The molecule has 1 N–H and O–H groups in total. The van der Waals surface area contributed by atoms with E-state index in [1.165, 1.54) is 0 Å². The van der Waals surface area contributed by atoms with Gasteiger partial charge in [-0.25, -0.2) is 0 Å². The highest BCUT2D eigenvalue weighted by Crippen LogP contribution is 2.26. The van der Waals surface area contributed by atoms with Crippen molar-refractivity contribution in [2.75, 3.05) is 26.2 Å². The van der Waals surface area contributed by atoms with E-state index in [9.17, 15) is 5.26 Å². The van der Waals surface area contributed by atoms with E-state index in [0.29, 0.717) is 0 Å². The van der Waals surface area contributed by atoms with Crippen molar-refractivity contribution in [1.82, 2.24) is 15.2 Å². The highest BCUT2D eigenvalue weighted by atomic mass is 15.2. The van der Waals surface area contributed by atoms with Gasteiger partial charge in [0.05, 0.1) is 6.07 Å². The van der Waals surface area contributed by atoms with Crippen molar-refractivity contribution in [2.45, 2.75) is 12.5 Å². The molecule has 1 aliphatic rings. The fourth-order valence-corrected chi connectivity index (χ4v) is 2.08. The van der Waals surface area contributed by atoms with Crippen molar-refractivity contribution in [3.05, 3.63) is 30.1 Å². The second-order valence-corrected chi connectivity index (χ2v) is 4.16. The minimum absolute atomic E-state index is 0.559. The number of aromatic nitrogens is 1. The Morgan fingerprint density at radius 2 is 2.25 bits per heavy atom. The molecule has 0 aliphatic carbocycles. The van der Waals surface area contributed by atoms with Crippen LogP contribution in [-0.2, 0) is 5.54 Å². The Labute approximate surface area is 95.9 Å². The quantitative estimate of drug-likeness (QED) is 0.791. The number of rotatable bonds is 2. The maximum atomic E-state index is 9.45. The summed E-state index contributed by atoms with van der Waals surface area (Å²) in [5.41, 5.74) is 0.413. The molecule has 0 spiro atoms. The van der Waals surface area contributed by atoms with Crippen molar-refractivity contribution < 1.29 is 0 Å². The minimum atomic E-state index is -0.559. The number of nitrogens with zero attached hydrogens (tertiary/aromatic N) is 3. The normalized spacial score (nSPS) is 21.0. The molecule has 1 unspecified atom stereocenters. The van der Waals surface area contributed by atoms with E-state index >= 15 is 0 Å². The summed E-state index contributed by atoms with van der Waals surface area (Å²) in [6, 6.07) is 6.28. The summed E-state index contributed by atoms with van der Waals surface area (Å²) in [5, 5.41) is 12.7. The predicted octanol–water partition coefficient (Wildman–Crippen LogP) is 0.726. The van der Waals surface area contributed by atoms with Gasteiger partial charge >= 0.3 is 0 Å². The molecule has 1 fully saturated rings. The molecule has 2 heterocycles. The van der Waals surface area contributed by atoms with Gasteiger partial charge in [-0.1, -0.05) is 6.07 Å². The summed E-state index contributed by atoms with van der Waals surface area (Å²) in [4.78, 5) is 6.31. The second-order valence-electron chi connectivity index (χ2n) is 4.16. The third kappa shape index (κ3) is 1.92. The predicted molar refractivity (Wildman–Crippen MR) is 61.6 cm³/mol. The summed E-state index contributed by atoms with van der Waals surface area (Å²) in [7, 11) is 0. The van der Waals surface area contributed by atoms with Gasteiger partial charge in [-0.3, -0.25) is 9.88 Å². The number of nitrogens with one attached hydrogen (secondary N) is 1. The Morgan fingerprint density at radius 1 is 1.50 bits per heavy atom. The number of hydrogen-bond donors (Lipinski definition) is 1. The van der Waals surface area contributed by atoms with Gasteiger partial charge in [0.1, 0.15) is 5.54 Å². The van der Waals surface area contributed by atoms with E-state index in [2.05, 4.69) is 21.3 Å². The zero-order valence-electron chi connectivity index (χ0n) is 9.48. The summed E-state index contributed by atoms with van der Waals surface area (Å²) in [6.45, 7) is 5.66. The molecule has 0 bridgehead atoms. The number of hydrogen-bond acceptors (Lipinski definition) is 4. The highest BCUT2D eigenvalue weighted by molar-refractivity contribution is 5.27. The molecule has 1 saturated heterocycles. The van der Waals surface area contributed by atoms with Gasteiger partial charge < -0.3 is 5.32 Å². The van der Waals surface area contributed by atoms with E-state index in [4.69, 9.17) is 0 Å². The van der Waals surface area contributed by atoms with Crippen molar-refractivity contribution in [3.8, 4) is 6.07 Å². The van der Waals surface area contributed by atoms with Crippen LogP contribution in [0.15, 0.2) is 24.5 Å². The molecule has 0 radical (unpaired) electrons. The summed E-state index contributed by atoms with van der Waals surface area (Å²) in [5.74, 6) is 0. The lowest BCUT2D eigenvalue weighted by molar-refractivity contribution is 0.132. The molecule has 1 aliphatic heterocycles. The van der Waals surface area contributed by atoms with Crippen molar-refractivity contribution >= 4 is 0 Å². The van der Waals surface area contributed by atoms with Gasteiger partial charge in [-0.2, -0.15) is 5.26 Å². The molecule has 84 valence electrons. The van der Waals surface area contributed by atoms with Gasteiger partial charge in [-0.05, 0) is 13.0 Å². The Bertz CT molecular complexity index is 378. The van der Waals surface area contributed by atoms with Crippen LogP contribution >= 0.6 is 0 Å². The maximum Gasteiger partial charge on any atom is 0.133 e. The third-order valence-electron chi connectivity index (χ3n) is 3.19. The number of piperazine rings is 1. The van der Waals surface area contributed by atoms with Crippen LogP contribution in [0, 0.1) is 11.3 Å². The lowest BCUT2D eigenvalue weighted by Crippen LogP contribution is -2.52. The molecule has 0 amide bonds. The molecule has 1 aromatic rings. The fraction of sp³-hybridized carbons (Fsp3) is 0.500. The molecule has 16 heavy (non-hydrogen) atoms. The van der Waals surface area contributed by atoms with Crippen LogP contribution in [0.3, 0.4) is 0 Å². The molecule has 1 aromatic heterocycles. The summed E-state index contributed by atoms with van der Waals surface area (Å²) in [6.07, 6.45) is 3.52. The van der Waals surface area contributed by atoms with E-state index in [-0.39, 0.29) is 0 Å². The molecule has 0 saturated carbocycles. The molecule has 2 rings (SSSR count). The van der Waals surface area contributed by atoms with E-state index < -0.39 is 5.54 Å².